The summed E-state index contributed by atoms with van der Waals surface area (Å²) < 4.78 is 0. The summed E-state index contributed by atoms with van der Waals surface area (Å²) in [5, 5.41) is 0. The van der Waals surface area contributed by atoms with Gasteiger partial charge in [-0.1, -0.05) is 52.4 Å². The normalized spacial score (nSPS) is 9.37. The standard InChI is InChI=1S/2C9H13.Ba/c2*1-2-3-6-9-7-4-5-8-9;/h2*4-5,7-8H,2-3,6H2,1H3;/q2*-1;+2. The molecule has 0 atom stereocenters. The molecule has 0 aliphatic rings. The van der Waals surface area contributed by atoms with Crippen molar-refractivity contribution < 1.29 is 0 Å². The fourth-order valence-electron chi connectivity index (χ4n) is 1.92. The van der Waals surface area contributed by atoms with E-state index < -0.39 is 0 Å². The molecule has 0 N–H and O–H groups in total. The predicted molar refractivity (Wildman–Crippen MR) is 87.0 cm³/mol. The maximum Gasteiger partial charge on any atom is 2.00 e. The van der Waals surface area contributed by atoms with E-state index in [1.54, 1.807) is 0 Å². The molecule has 100 valence electrons. The van der Waals surface area contributed by atoms with Gasteiger partial charge in [0.1, 0.15) is 0 Å². The Bertz CT molecular complexity index is 318. The molecule has 1 heteroatoms. The van der Waals surface area contributed by atoms with Crippen LogP contribution in [-0.2, 0) is 12.8 Å². The number of hydrogen-bond donors (Lipinski definition) is 0. The Morgan fingerprint density at radius 2 is 0.947 bits per heavy atom. The molecule has 2 rings (SSSR count). The zero-order valence-corrected chi connectivity index (χ0v) is 17.0. The fraction of sp³-hybridized carbons (Fsp3) is 0.444. The van der Waals surface area contributed by atoms with Crippen molar-refractivity contribution in [3.8, 4) is 0 Å². The first-order valence-electron chi connectivity index (χ1n) is 7.28. The van der Waals surface area contributed by atoms with Crippen LogP contribution in [0.1, 0.15) is 50.7 Å². The van der Waals surface area contributed by atoms with Crippen LogP contribution < -0.4 is 0 Å². The van der Waals surface area contributed by atoms with E-state index in [1.807, 2.05) is 0 Å². The van der Waals surface area contributed by atoms with Gasteiger partial charge in [-0.3, -0.25) is 0 Å². The summed E-state index contributed by atoms with van der Waals surface area (Å²) in [4.78, 5) is 0. The number of rotatable bonds is 6. The van der Waals surface area contributed by atoms with Crippen molar-refractivity contribution in [3.63, 3.8) is 0 Å². The SMILES string of the molecule is CCCC[c-]1cccc1.CCCC[c-]1cccc1.[Ba+2]. The fourth-order valence-corrected chi connectivity index (χ4v) is 1.92. The summed E-state index contributed by atoms with van der Waals surface area (Å²) in [7, 11) is 0. The van der Waals surface area contributed by atoms with E-state index in [1.165, 1.54) is 49.7 Å². The molecule has 0 aromatic heterocycles. The van der Waals surface area contributed by atoms with E-state index in [0.29, 0.717) is 0 Å². The third-order valence-corrected chi connectivity index (χ3v) is 3.10. The summed E-state index contributed by atoms with van der Waals surface area (Å²) in [6.45, 7) is 4.45. The Morgan fingerprint density at radius 1 is 0.632 bits per heavy atom. The minimum atomic E-state index is 0. The van der Waals surface area contributed by atoms with Crippen LogP contribution in [-0.4, -0.2) is 48.9 Å². The van der Waals surface area contributed by atoms with Crippen LogP contribution in [0.25, 0.3) is 0 Å². The summed E-state index contributed by atoms with van der Waals surface area (Å²) in [6, 6.07) is 17.2. The van der Waals surface area contributed by atoms with E-state index >= 15 is 0 Å². The first kappa shape index (κ1) is 19.3. The molecule has 0 heterocycles. The van der Waals surface area contributed by atoms with Gasteiger partial charge in [0.15, 0.2) is 0 Å². The van der Waals surface area contributed by atoms with Crippen molar-refractivity contribution in [1.82, 2.24) is 0 Å². The second kappa shape index (κ2) is 13.3. The monoisotopic (exact) mass is 380 g/mol. The van der Waals surface area contributed by atoms with Gasteiger partial charge < -0.3 is 0 Å². The molecule has 0 saturated heterocycles. The summed E-state index contributed by atoms with van der Waals surface area (Å²) in [5.41, 5.74) is 2.97. The second-order valence-corrected chi connectivity index (χ2v) is 4.79. The molecule has 0 nitrogen and oxygen atoms in total. The third kappa shape index (κ3) is 9.75. The molecule has 0 aliphatic heterocycles. The van der Waals surface area contributed by atoms with Gasteiger partial charge in [-0.15, -0.1) is 0 Å². The van der Waals surface area contributed by atoms with Crippen LogP contribution in [0.5, 0.6) is 0 Å². The molecular weight excluding hydrogens is 354 g/mol. The molecule has 0 amide bonds. The Kier molecular flexibility index (Phi) is 13.5. The van der Waals surface area contributed by atoms with Gasteiger partial charge in [0.25, 0.3) is 0 Å². The predicted octanol–water partition coefficient (Wildman–Crippen LogP) is 5.12. The average Bonchev–Trinajstić information content (AvgIpc) is 3.07. The van der Waals surface area contributed by atoms with Crippen LogP contribution in [0.3, 0.4) is 0 Å². The Hall–Kier alpha value is 0.271. The van der Waals surface area contributed by atoms with Crippen molar-refractivity contribution in [2.75, 3.05) is 0 Å². The Balaban J connectivity index is 0.000000324. The van der Waals surface area contributed by atoms with E-state index in [9.17, 15) is 0 Å². The first-order valence-corrected chi connectivity index (χ1v) is 7.28. The first-order chi connectivity index (χ1) is 8.86. The molecule has 0 aliphatic carbocycles. The van der Waals surface area contributed by atoms with Gasteiger partial charge in [-0.2, -0.15) is 35.4 Å². The van der Waals surface area contributed by atoms with Gasteiger partial charge >= 0.3 is 48.9 Å². The zero-order valence-electron chi connectivity index (χ0n) is 12.6. The topological polar surface area (TPSA) is 0 Å². The quantitative estimate of drug-likeness (QED) is 0.483. The molecule has 0 spiro atoms. The summed E-state index contributed by atoms with van der Waals surface area (Å²) in [6.07, 6.45) is 7.75. The van der Waals surface area contributed by atoms with Gasteiger partial charge in [-0.25, -0.2) is 24.3 Å². The van der Waals surface area contributed by atoms with E-state index in [2.05, 4.69) is 62.4 Å². The van der Waals surface area contributed by atoms with Crippen molar-refractivity contribution in [3.05, 3.63) is 59.7 Å². The zero-order chi connectivity index (χ0) is 13.1. The van der Waals surface area contributed by atoms with Gasteiger partial charge in [0.05, 0.1) is 0 Å². The van der Waals surface area contributed by atoms with Crippen LogP contribution in [0.4, 0.5) is 0 Å². The number of aryl methyl sites for hydroxylation is 2. The van der Waals surface area contributed by atoms with E-state index in [4.69, 9.17) is 0 Å². The van der Waals surface area contributed by atoms with Crippen molar-refractivity contribution in [1.29, 1.82) is 0 Å². The van der Waals surface area contributed by atoms with Crippen LogP contribution >= 0.6 is 0 Å². The van der Waals surface area contributed by atoms with E-state index in [-0.39, 0.29) is 48.9 Å². The smallest absolute Gasteiger partial charge is 0.213 e. The number of hydrogen-bond acceptors (Lipinski definition) is 0. The summed E-state index contributed by atoms with van der Waals surface area (Å²) >= 11 is 0. The maximum absolute atomic E-state index is 2.23. The maximum atomic E-state index is 2.23. The Labute approximate surface area is 159 Å². The molecule has 0 fully saturated rings. The molecule has 2 aromatic carbocycles. The average molecular weight is 380 g/mol. The van der Waals surface area contributed by atoms with Crippen molar-refractivity contribution in [2.45, 2.75) is 52.4 Å². The third-order valence-electron chi connectivity index (χ3n) is 3.10. The van der Waals surface area contributed by atoms with Crippen LogP contribution in [0.2, 0.25) is 0 Å². The van der Waals surface area contributed by atoms with E-state index in [0.717, 1.165) is 0 Å². The van der Waals surface area contributed by atoms with Crippen LogP contribution in [0, 0.1) is 0 Å². The van der Waals surface area contributed by atoms with Gasteiger partial charge in [0.2, 0.25) is 0 Å². The molecule has 2 aromatic rings. The molecule has 0 saturated carbocycles. The van der Waals surface area contributed by atoms with Crippen molar-refractivity contribution in [2.24, 2.45) is 0 Å². The number of unbranched alkanes of at least 4 members (excludes halogenated alkanes) is 2. The minimum Gasteiger partial charge on any atom is -0.213 e. The van der Waals surface area contributed by atoms with Crippen molar-refractivity contribution >= 4 is 48.9 Å². The van der Waals surface area contributed by atoms with Gasteiger partial charge in [-0.05, 0) is 0 Å². The minimum absolute atomic E-state index is 0. The Morgan fingerprint density at radius 3 is 1.21 bits per heavy atom. The van der Waals surface area contributed by atoms with Gasteiger partial charge in [0, 0.05) is 0 Å². The largest absolute Gasteiger partial charge is 2.00 e. The van der Waals surface area contributed by atoms with Crippen LogP contribution in [0.15, 0.2) is 48.5 Å². The summed E-state index contributed by atoms with van der Waals surface area (Å²) in [5.74, 6) is 0. The molecular formula is C18H26Ba. The molecule has 0 radical (unpaired) electrons. The second-order valence-electron chi connectivity index (χ2n) is 4.79. The molecule has 0 unspecified atom stereocenters. The molecule has 19 heavy (non-hydrogen) atoms. The molecule has 0 bridgehead atoms.